The van der Waals surface area contributed by atoms with E-state index < -0.39 is 6.10 Å². The first kappa shape index (κ1) is 13.8. The number of aliphatic hydroxyl groups is 1. The molecule has 1 unspecified atom stereocenters. The van der Waals surface area contributed by atoms with Crippen LogP contribution in [0.1, 0.15) is 42.5 Å². The summed E-state index contributed by atoms with van der Waals surface area (Å²) >= 11 is 0. The van der Waals surface area contributed by atoms with Gasteiger partial charge >= 0.3 is 0 Å². The summed E-state index contributed by atoms with van der Waals surface area (Å²) in [5.41, 5.74) is 1.95. The molecule has 0 heterocycles. The summed E-state index contributed by atoms with van der Waals surface area (Å²) in [5.74, 6) is 0.0151. The molecule has 0 bridgehead atoms. The van der Waals surface area contributed by atoms with Crippen LogP contribution in [0, 0.1) is 0 Å². The van der Waals surface area contributed by atoms with E-state index in [-0.39, 0.29) is 12.2 Å². The van der Waals surface area contributed by atoms with Gasteiger partial charge in [-0.2, -0.15) is 0 Å². The minimum Gasteiger partial charge on any atom is -0.393 e. The highest BCUT2D eigenvalue weighted by Crippen LogP contribution is 2.17. The molecule has 0 aromatic heterocycles. The minimum atomic E-state index is -0.552. The monoisotopic (exact) mass is 256 g/mol. The zero-order valence-electron chi connectivity index (χ0n) is 11.1. The molecule has 1 aliphatic carbocycles. The molecule has 0 saturated heterocycles. The maximum Gasteiger partial charge on any atom is 0.165 e. The molecule has 1 aromatic carbocycles. The number of carbonyl (C=O) groups excluding carboxylic acids is 1. The molecule has 1 atom stereocenters. The summed E-state index contributed by atoms with van der Waals surface area (Å²) in [6.07, 6.45) is 9.85. The number of hydrogen-bond donors (Lipinski definition) is 1. The second kappa shape index (κ2) is 7.05. The fourth-order valence-corrected chi connectivity index (χ4v) is 2.24. The molecule has 19 heavy (non-hydrogen) atoms. The van der Waals surface area contributed by atoms with Crippen molar-refractivity contribution in [1.29, 1.82) is 0 Å². The molecule has 0 amide bonds. The Morgan fingerprint density at radius 3 is 2.68 bits per heavy atom. The van der Waals surface area contributed by atoms with Gasteiger partial charge in [0.25, 0.3) is 0 Å². The van der Waals surface area contributed by atoms with Crippen molar-refractivity contribution in [2.45, 2.75) is 38.2 Å². The Bertz CT molecular complexity index is 471. The largest absolute Gasteiger partial charge is 0.393 e. The second-order valence-corrected chi connectivity index (χ2v) is 4.94. The Morgan fingerprint density at radius 2 is 2.00 bits per heavy atom. The molecule has 2 nitrogen and oxygen atoms in total. The lowest BCUT2D eigenvalue weighted by Gasteiger charge is -2.11. The van der Waals surface area contributed by atoms with E-state index >= 15 is 0 Å². The molecule has 2 rings (SSSR count). The zero-order valence-corrected chi connectivity index (χ0v) is 11.1. The summed E-state index contributed by atoms with van der Waals surface area (Å²) in [4.78, 5) is 11.9. The number of hydrogen-bond acceptors (Lipinski definition) is 2. The van der Waals surface area contributed by atoms with Gasteiger partial charge in [-0.3, -0.25) is 4.79 Å². The predicted molar refractivity (Wildman–Crippen MR) is 77.1 cm³/mol. The van der Waals surface area contributed by atoms with Crippen LogP contribution in [0.5, 0.6) is 0 Å². The first-order valence-corrected chi connectivity index (χ1v) is 6.87. The van der Waals surface area contributed by atoms with E-state index in [0.29, 0.717) is 12.0 Å². The lowest BCUT2D eigenvalue weighted by Crippen LogP contribution is -2.13. The lowest BCUT2D eigenvalue weighted by molar-refractivity contribution is 0.0869. The van der Waals surface area contributed by atoms with E-state index in [4.69, 9.17) is 0 Å². The first-order chi connectivity index (χ1) is 9.25. The highest BCUT2D eigenvalue weighted by Gasteiger charge is 2.12. The van der Waals surface area contributed by atoms with Crippen LogP contribution in [0.25, 0.3) is 0 Å². The van der Waals surface area contributed by atoms with E-state index in [9.17, 15) is 9.90 Å². The molecule has 0 fully saturated rings. The quantitative estimate of drug-likeness (QED) is 0.788. The summed E-state index contributed by atoms with van der Waals surface area (Å²) < 4.78 is 0. The number of rotatable bonds is 6. The Balaban J connectivity index is 1.78. The van der Waals surface area contributed by atoms with Gasteiger partial charge in [-0.15, -0.1) is 0 Å². The van der Waals surface area contributed by atoms with E-state index in [1.807, 2.05) is 18.2 Å². The van der Waals surface area contributed by atoms with Gasteiger partial charge < -0.3 is 5.11 Å². The maximum atomic E-state index is 11.9. The number of carbonyl (C=O) groups is 1. The van der Waals surface area contributed by atoms with Crippen molar-refractivity contribution < 1.29 is 9.90 Å². The Labute approximate surface area is 114 Å². The van der Waals surface area contributed by atoms with Crippen LogP contribution < -0.4 is 0 Å². The van der Waals surface area contributed by atoms with E-state index in [1.165, 1.54) is 5.57 Å². The normalized spacial score (nSPS) is 15.9. The molecule has 1 aliphatic rings. The smallest absolute Gasteiger partial charge is 0.165 e. The van der Waals surface area contributed by atoms with Gasteiger partial charge in [0.05, 0.1) is 6.10 Å². The molecule has 0 spiro atoms. The van der Waals surface area contributed by atoms with Crippen molar-refractivity contribution in [3.8, 4) is 0 Å². The van der Waals surface area contributed by atoms with E-state index in [2.05, 4.69) is 18.2 Å². The fourth-order valence-electron chi connectivity index (χ4n) is 2.24. The van der Waals surface area contributed by atoms with Crippen molar-refractivity contribution in [3.05, 3.63) is 59.7 Å². The van der Waals surface area contributed by atoms with Crippen molar-refractivity contribution in [1.82, 2.24) is 0 Å². The van der Waals surface area contributed by atoms with E-state index in [1.54, 1.807) is 12.1 Å². The van der Waals surface area contributed by atoms with Crippen LogP contribution >= 0.6 is 0 Å². The number of allylic oxidation sites excluding steroid dienone is 4. The molecule has 0 aliphatic heterocycles. The predicted octanol–water partition coefficient (Wildman–Crippen LogP) is 3.68. The number of ketones is 1. The van der Waals surface area contributed by atoms with Crippen LogP contribution in [0.15, 0.2) is 54.1 Å². The fraction of sp³-hybridized carbons (Fsp3) is 0.353. The molecule has 100 valence electrons. The molecule has 1 N–H and O–H groups in total. The Kier molecular flexibility index (Phi) is 5.10. The maximum absolute atomic E-state index is 11.9. The van der Waals surface area contributed by atoms with Crippen molar-refractivity contribution >= 4 is 5.78 Å². The van der Waals surface area contributed by atoms with Crippen molar-refractivity contribution in [3.63, 3.8) is 0 Å². The third-order valence-electron chi connectivity index (χ3n) is 3.35. The van der Waals surface area contributed by atoms with Crippen LogP contribution in [-0.4, -0.2) is 17.0 Å². The minimum absolute atomic E-state index is 0.0151. The van der Waals surface area contributed by atoms with Gasteiger partial charge in [-0.1, -0.05) is 54.1 Å². The first-order valence-electron chi connectivity index (χ1n) is 6.87. The topological polar surface area (TPSA) is 37.3 Å². The summed E-state index contributed by atoms with van der Waals surface area (Å²) in [6.45, 7) is 0. The zero-order chi connectivity index (χ0) is 13.5. The van der Waals surface area contributed by atoms with Gasteiger partial charge in [0, 0.05) is 12.0 Å². The summed E-state index contributed by atoms with van der Waals surface area (Å²) in [5, 5.41) is 9.94. The third kappa shape index (κ3) is 4.49. The van der Waals surface area contributed by atoms with Gasteiger partial charge in [-0.05, 0) is 25.7 Å². The van der Waals surface area contributed by atoms with E-state index in [0.717, 1.165) is 19.3 Å². The van der Waals surface area contributed by atoms with Gasteiger partial charge in [0.1, 0.15) is 0 Å². The number of Topliss-reactive ketones (excluding diaryl/α,β-unsaturated/α-hetero) is 1. The highest BCUT2D eigenvalue weighted by atomic mass is 16.3. The SMILES string of the molecule is O=C(CC(O)CCC1=CCCC=C1)c1ccccc1. The van der Waals surface area contributed by atoms with Gasteiger partial charge in [0.2, 0.25) is 0 Å². The summed E-state index contributed by atoms with van der Waals surface area (Å²) in [7, 11) is 0. The van der Waals surface area contributed by atoms with Crippen LogP contribution in [0.4, 0.5) is 0 Å². The number of benzene rings is 1. The molecule has 0 radical (unpaired) electrons. The van der Waals surface area contributed by atoms with Gasteiger partial charge in [0.15, 0.2) is 5.78 Å². The molecule has 0 saturated carbocycles. The molecule has 1 aromatic rings. The third-order valence-corrected chi connectivity index (χ3v) is 3.35. The van der Waals surface area contributed by atoms with Gasteiger partial charge in [-0.25, -0.2) is 0 Å². The highest BCUT2D eigenvalue weighted by molar-refractivity contribution is 5.96. The summed E-state index contributed by atoms with van der Waals surface area (Å²) in [6, 6.07) is 9.16. The van der Waals surface area contributed by atoms with Crippen molar-refractivity contribution in [2.24, 2.45) is 0 Å². The van der Waals surface area contributed by atoms with Crippen LogP contribution in [-0.2, 0) is 0 Å². The van der Waals surface area contributed by atoms with Crippen LogP contribution in [0.2, 0.25) is 0 Å². The Morgan fingerprint density at radius 1 is 1.21 bits per heavy atom. The standard InChI is InChI=1S/C17H20O2/c18-16(12-11-14-7-3-1-4-8-14)13-17(19)15-9-5-2-6-10-15/h2-3,5-10,16,18H,1,4,11-13H2. The van der Waals surface area contributed by atoms with Crippen LogP contribution in [0.3, 0.4) is 0 Å². The molecular formula is C17H20O2. The molecule has 2 heteroatoms. The Hall–Kier alpha value is -1.67. The average Bonchev–Trinajstić information content (AvgIpc) is 2.47. The second-order valence-electron chi connectivity index (χ2n) is 4.94. The average molecular weight is 256 g/mol. The lowest BCUT2D eigenvalue weighted by atomic mass is 9.98. The molecular weight excluding hydrogens is 236 g/mol. The number of aliphatic hydroxyl groups excluding tert-OH is 1. The van der Waals surface area contributed by atoms with Crippen molar-refractivity contribution in [2.75, 3.05) is 0 Å².